The third-order valence-electron chi connectivity index (χ3n) is 2.49. The first kappa shape index (κ1) is 13.5. The van der Waals surface area contributed by atoms with Gasteiger partial charge in [-0.2, -0.15) is 0 Å². The van der Waals surface area contributed by atoms with E-state index in [0.29, 0.717) is 5.56 Å². The first-order chi connectivity index (χ1) is 9.68. The van der Waals surface area contributed by atoms with Crippen LogP contribution in [-0.4, -0.2) is 21.7 Å². The van der Waals surface area contributed by atoms with Crippen molar-refractivity contribution in [1.82, 2.24) is 4.98 Å². The standard InChI is InChI=1S/C12H8O3.C3H3NO/c13-8-5-6-12(15)10(7-8)9-3-1-2-4-11(9)14;1-2-5-3-4-1/h1-7,14H;1-3H. The van der Waals surface area contributed by atoms with Crippen molar-refractivity contribution in [2.24, 2.45) is 0 Å². The Morgan fingerprint density at radius 3 is 2.50 bits per heavy atom. The lowest BCUT2D eigenvalue weighted by Gasteiger charge is -2.08. The summed E-state index contributed by atoms with van der Waals surface area (Å²) in [5.41, 5.74) is 0.626. The SMILES string of the molecule is O=C1C=CC(=O)C(c2ccccc2O)=C1.c1cocn1. The number of aromatic hydroxyl groups is 1. The van der Waals surface area contributed by atoms with Gasteiger partial charge in [-0.25, -0.2) is 4.98 Å². The van der Waals surface area contributed by atoms with E-state index in [1.165, 1.54) is 37.0 Å². The summed E-state index contributed by atoms with van der Waals surface area (Å²) in [5.74, 6) is -0.510. The zero-order valence-corrected chi connectivity index (χ0v) is 10.4. The molecule has 0 saturated carbocycles. The molecule has 0 aliphatic heterocycles. The van der Waals surface area contributed by atoms with Crippen molar-refractivity contribution in [1.29, 1.82) is 0 Å². The summed E-state index contributed by atoms with van der Waals surface area (Å²) in [6.07, 6.45) is 8.13. The molecule has 1 heterocycles. The van der Waals surface area contributed by atoms with Gasteiger partial charge < -0.3 is 9.52 Å². The van der Waals surface area contributed by atoms with Gasteiger partial charge in [0.25, 0.3) is 0 Å². The van der Waals surface area contributed by atoms with Crippen LogP contribution >= 0.6 is 0 Å². The van der Waals surface area contributed by atoms with Gasteiger partial charge in [0.1, 0.15) is 12.0 Å². The van der Waals surface area contributed by atoms with E-state index in [-0.39, 0.29) is 22.9 Å². The maximum absolute atomic E-state index is 11.5. The highest BCUT2D eigenvalue weighted by molar-refractivity contribution is 6.34. The molecule has 5 nitrogen and oxygen atoms in total. The molecule has 0 radical (unpaired) electrons. The van der Waals surface area contributed by atoms with Crippen LogP contribution in [0.3, 0.4) is 0 Å². The minimum atomic E-state index is -0.267. The number of rotatable bonds is 1. The molecule has 2 aromatic rings. The summed E-state index contributed by atoms with van der Waals surface area (Å²) < 4.78 is 4.47. The summed E-state index contributed by atoms with van der Waals surface area (Å²) in [6.45, 7) is 0. The van der Waals surface area contributed by atoms with Crippen LogP contribution in [0.1, 0.15) is 5.56 Å². The number of allylic oxidation sites excluding steroid dienone is 4. The fourth-order valence-electron chi connectivity index (χ4n) is 1.60. The molecule has 3 rings (SSSR count). The fourth-order valence-corrected chi connectivity index (χ4v) is 1.60. The Morgan fingerprint density at radius 2 is 1.90 bits per heavy atom. The molecule has 1 aliphatic carbocycles. The summed E-state index contributed by atoms with van der Waals surface area (Å²) in [4.78, 5) is 26.1. The van der Waals surface area contributed by atoms with Gasteiger partial charge in [-0.15, -0.1) is 0 Å². The van der Waals surface area contributed by atoms with E-state index in [9.17, 15) is 14.7 Å². The van der Waals surface area contributed by atoms with Crippen molar-refractivity contribution in [2.75, 3.05) is 0 Å². The van der Waals surface area contributed by atoms with Crippen LogP contribution in [0.4, 0.5) is 0 Å². The van der Waals surface area contributed by atoms with Gasteiger partial charge in [0.05, 0.1) is 6.20 Å². The van der Waals surface area contributed by atoms with Gasteiger partial charge in [0, 0.05) is 11.1 Å². The number of para-hydroxylation sites is 1. The second-order valence-electron chi connectivity index (χ2n) is 3.85. The highest BCUT2D eigenvalue weighted by atomic mass is 16.3. The zero-order chi connectivity index (χ0) is 14.4. The van der Waals surface area contributed by atoms with Crippen LogP contribution in [0.2, 0.25) is 0 Å². The number of carbonyl (C=O) groups excluding carboxylic acids is 2. The van der Waals surface area contributed by atoms with Gasteiger partial charge in [0.15, 0.2) is 18.0 Å². The van der Waals surface area contributed by atoms with E-state index in [1.54, 1.807) is 24.4 Å². The second-order valence-corrected chi connectivity index (χ2v) is 3.85. The van der Waals surface area contributed by atoms with Crippen LogP contribution in [-0.2, 0) is 9.59 Å². The predicted molar refractivity (Wildman–Crippen MR) is 71.7 cm³/mol. The molecule has 0 spiro atoms. The third kappa shape index (κ3) is 3.29. The number of aromatic nitrogens is 1. The summed E-state index contributed by atoms with van der Waals surface area (Å²) in [6, 6.07) is 6.44. The summed E-state index contributed by atoms with van der Waals surface area (Å²) in [7, 11) is 0. The summed E-state index contributed by atoms with van der Waals surface area (Å²) in [5, 5.41) is 9.54. The number of ketones is 2. The highest BCUT2D eigenvalue weighted by Crippen LogP contribution is 2.26. The van der Waals surface area contributed by atoms with E-state index in [1.807, 2.05) is 0 Å². The lowest BCUT2D eigenvalue weighted by molar-refractivity contribution is -0.113. The third-order valence-corrected chi connectivity index (χ3v) is 2.49. The quantitative estimate of drug-likeness (QED) is 0.802. The van der Waals surface area contributed by atoms with Crippen LogP contribution < -0.4 is 0 Å². The van der Waals surface area contributed by atoms with Crippen LogP contribution in [0.5, 0.6) is 5.75 Å². The lowest BCUT2D eigenvalue weighted by Crippen LogP contribution is -2.06. The molecular formula is C15H11NO4. The van der Waals surface area contributed by atoms with E-state index < -0.39 is 0 Å². The van der Waals surface area contributed by atoms with Gasteiger partial charge in [-0.1, -0.05) is 18.2 Å². The number of hydrogen-bond acceptors (Lipinski definition) is 5. The largest absolute Gasteiger partial charge is 0.507 e. The van der Waals surface area contributed by atoms with Crippen molar-refractivity contribution in [3.05, 3.63) is 66.9 Å². The first-order valence-corrected chi connectivity index (χ1v) is 5.77. The molecule has 100 valence electrons. The van der Waals surface area contributed by atoms with Gasteiger partial charge >= 0.3 is 0 Å². The molecule has 0 bridgehead atoms. The van der Waals surface area contributed by atoms with E-state index in [4.69, 9.17) is 0 Å². The van der Waals surface area contributed by atoms with Crippen molar-refractivity contribution in [3.8, 4) is 5.75 Å². The van der Waals surface area contributed by atoms with Crippen LogP contribution in [0, 0.1) is 0 Å². The molecule has 1 aromatic carbocycles. The van der Waals surface area contributed by atoms with E-state index in [0.717, 1.165) is 0 Å². The number of phenolic OH excluding ortho intramolecular Hbond substituents is 1. The number of benzene rings is 1. The van der Waals surface area contributed by atoms with Crippen molar-refractivity contribution >= 4 is 17.1 Å². The molecule has 20 heavy (non-hydrogen) atoms. The van der Waals surface area contributed by atoms with Crippen LogP contribution in [0.15, 0.2) is 65.8 Å². The molecule has 0 amide bonds. The van der Waals surface area contributed by atoms with E-state index in [2.05, 4.69) is 9.40 Å². The fraction of sp³-hybridized carbons (Fsp3) is 0. The van der Waals surface area contributed by atoms with Gasteiger partial charge in [-0.3, -0.25) is 9.59 Å². The Kier molecular flexibility index (Phi) is 4.24. The molecular weight excluding hydrogens is 258 g/mol. The molecule has 0 unspecified atom stereocenters. The average molecular weight is 269 g/mol. The lowest BCUT2D eigenvalue weighted by atomic mass is 9.96. The smallest absolute Gasteiger partial charge is 0.186 e. The predicted octanol–water partition coefficient (Wildman–Crippen LogP) is 2.16. The molecule has 0 fully saturated rings. The molecule has 0 saturated heterocycles. The number of phenols is 1. The number of carbonyl (C=O) groups is 2. The topological polar surface area (TPSA) is 80.4 Å². The molecule has 1 aromatic heterocycles. The zero-order valence-electron chi connectivity index (χ0n) is 10.4. The van der Waals surface area contributed by atoms with Crippen molar-refractivity contribution in [3.63, 3.8) is 0 Å². The Bertz CT molecular complexity index is 652. The minimum Gasteiger partial charge on any atom is -0.507 e. The van der Waals surface area contributed by atoms with Gasteiger partial charge in [-0.05, 0) is 24.3 Å². The first-order valence-electron chi connectivity index (χ1n) is 5.77. The molecule has 5 heteroatoms. The number of nitrogens with zero attached hydrogens (tertiary/aromatic N) is 1. The maximum atomic E-state index is 11.5. The Hall–Kier alpha value is -2.95. The molecule has 1 N–H and O–H groups in total. The Balaban J connectivity index is 0.000000247. The molecule has 0 atom stereocenters. The monoisotopic (exact) mass is 269 g/mol. The summed E-state index contributed by atoms with van der Waals surface area (Å²) >= 11 is 0. The number of oxazole rings is 1. The van der Waals surface area contributed by atoms with E-state index >= 15 is 0 Å². The maximum Gasteiger partial charge on any atom is 0.186 e. The Morgan fingerprint density at radius 1 is 1.10 bits per heavy atom. The van der Waals surface area contributed by atoms with Crippen molar-refractivity contribution < 1.29 is 19.1 Å². The number of hydrogen-bond donors (Lipinski definition) is 1. The highest BCUT2D eigenvalue weighted by Gasteiger charge is 2.17. The normalized spacial score (nSPS) is 13.5. The van der Waals surface area contributed by atoms with Crippen molar-refractivity contribution in [2.45, 2.75) is 0 Å². The minimum absolute atomic E-state index is 0.000185. The van der Waals surface area contributed by atoms with Crippen LogP contribution in [0.25, 0.3) is 5.57 Å². The Labute approximate surface area is 114 Å². The average Bonchev–Trinajstić information content (AvgIpc) is 3.02. The molecule has 1 aliphatic rings. The second kappa shape index (κ2) is 6.29. The van der Waals surface area contributed by atoms with Gasteiger partial charge in [0.2, 0.25) is 0 Å².